The average Bonchev–Trinajstić information content (AvgIpc) is 2.99. The Bertz CT molecular complexity index is 1450. The Morgan fingerprint density at radius 3 is 2.15 bits per heavy atom. The van der Waals surface area contributed by atoms with Crippen LogP contribution in [0, 0.1) is 0 Å². The van der Waals surface area contributed by atoms with Crippen molar-refractivity contribution in [2.45, 2.75) is 81.4 Å². The van der Waals surface area contributed by atoms with E-state index in [4.69, 9.17) is 23.7 Å². The average molecular weight is 656 g/mol. The molecule has 11 N–H and O–H groups in total. The monoisotopic (exact) mass is 655 g/mol. The second kappa shape index (κ2) is 13.0. The molecule has 0 saturated carbocycles. The van der Waals surface area contributed by atoms with E-state index in [9.17, 15) is 55.9 Å². The van der Waals surface area contributed by atoms with Crippen molar-refractivity contribution in [3.63, 3.8) is 0 Å². The first kappa shape index (κ1) is 33.3. The van der Waals surface area contributed by atoms with Gasteiger partial charge in [0.2, 0.25) is 6.29 Å². The largest absolute Gasteiger partial charge is 0.571 e. The SMILES string of the molecule is CC(=O)O[C@H]1[C@H](O)[C@H](OC[C@H]2O[C@@H](OC3=Cc4c(O)cc(O)cc4[OH+]C3c3cc(O)c(O)c(O)c3)[C@H](O)[C@@H](O)[C@@H]2O)O[C@@H](C)[C@@H]1O. The normalized spacial score (nSPS) is 34.2. The second-order valence-electron chi connectivity index (χ2n) is 11.1. The molecule has 2 aromatic rings. The molecular weight excluding hydrogens is 620 g/mol. The third-order valence-electron chi connectivity index (χ3n) is 7.78. The van der Waals surface area contributed by atoms with Gasteiger partial charge in [-0.25, -0.2) is 0 Å². The zero-order valence-electron chi connectivity index (χ0n) is 24.3. The third kappa shape index (κ3) is 6.44. The molecular formula is C29H35O17+. The van der Waals surface area contributed by atoms with Gasteiger partial charge in [0.1, 0.15) is 53.7 Å². The van der Waals surface area contributed by atoms with Gasteiger partial charge in [-0.1, -0.05) is 0 Å². The van der Waals surface area contributed by atoms with Crippen LogP contribution in [0.15, 0.2) is 30.0 Å². The van der Waals surface area contributed by atoms with E-state index in [2.05, 4.69) is 4.74 Å². The molecule has 2 aromatic carbocycles. The van der Waals surface area contributed by atoms with E-state index in [0.29, 0.717) is 0 Å². The first-order valence-electron chi connectivity index (χ1n) is 14.1. The van der Waals surface area contributed by atoms with Crippen LogP contribution in [0.4, 0.5) is 0 Å². The minimum atomic E-state index is -1.87. The number of aliphatic hydroxyl groups excluding tert-OH is 5. The molecule has 0 amide bonds. The van der Waals surface area contributed by atoms with Crippen molar-refractivity contribution in [2.24, 2.45) is 0 Å². The number of aliphatic hydroxyl groups is 6. The predicted molar refractivity (Wildman–Crippen MR) is 149 cm³/mol. The van der Waals surface area contributed by atoms with Gasteiger partial charge in [0.15, 0.2) is 35.4 Å². The van der Waals surface area contributed by atoms with E-state index in [1.165, 1.54) is 19.1 Å². The van der Waals surface area contributed by atoms with Crippen LogP contribution in [-0.4, -0.2) is 130 Å². The van der Waals surface area contributed by atoms with Gasteiger partial charge < -0.3 is 79.5 Å². The summed E-state index contributed by atoms with van der Waals surface area (Å²) in [6, 6.07) is 4.40. The lowest BCUT2D eigenvalue weighted by Crippen LogP contribution is -2.61. The molecule has 252 valence electrons. The Morgan fingerprint density at radius 2 is 1.50 bits per heavy atom. The molecule has 1 unspecified atom stereocenters. The van der Waals surface area contributed by atoms with E-state index < -0.39 is 103 Å². The maximum absolute atomic E-state index is 11.5. The smallest absolute Gasteiger partial charge is 0.303 e. The van der Waals surface area contributed by atoms with E-state index in [0.717, 1.165) is 25.1 Å². The molecule has 5 rings (SSSR count). The number of hydrogen-bond acceptors (Lipinski definition) is 16. The number of phenolic OH excluding ortho intramolecular Hbond substituents is 5. The number of aromatic hydroxyl groups is 6. The molecule has 11 atom stereocenters. The topological polar surface area (TPSA) is 278 Å². The molecule has 0 aromatic heterocycles. The quantitative estimate of drug-likeness (QED) is 0.0952. The number of phenols is 5. The van der Waals surface area contributed by atoms with Gasteiger partial charge in [-0.3, -0.25) is 4.79 Å². The Balaban J connectivity index is 1.39. The number of carbonyl (C=O) groups is 1. The van der Waals surface area contributed by atoms with Gasteiger partial charge in [0, 0.05) is 19.1 Å². The van der Waals surface area contributed by atoms with E-state index >= 15 is 0 Å². The summed E-state index contributed by atoms with van der Waals surface area (Å²) in [6.07, 6.45) is -15.5. The van der Waals surface area contributed by atoms with Gasteiger partial charge in [0.25, 0.3) is 11.9 Å². The summed E-state index contributed by atoms with van der Waals surface area (Å²) in [5.74, 6) is -3.80. The number of ether oxygens (including phenoxy) is 6. The molecule has 3 aliphatic heterocycles. The van der Waals surface area contributed by atoms with Crippen LogP contribution in [0.3, 0.4) is 0 Å². The van der Waals surface area contributed by atoms with Crippen LogP contribution in [-0.2, 0) is 28.5 Å². The lowest BCUT2D eigenvalue weighted by Gasteiger charge is -2.43. The van der Waals surface area contributed by atoms with E-state index in [1.807, 2.05) is 0 Å². The van der Waals surface area contributed by atoms with Crippen LogP contribution in [0.2, 0.25) is 0 Å². The summed E-state index contributed by atoms with van der Waals surface area (Å²) >= 11 is 0. The molecule has 3 aliphatic rings. The zero-order chi connectivity index (χ0) is 33.6. The molecule has 0 spiro atoms. The molecule has 0 radical (unpaired) electrons. The van der Waals surface area contributed by atoms with Crippen molar-refractivity contribution < 1.29 is 84.3 Å². The van der Waals surface area contributed by atoms with Crippen LogP contribution < -0.4 is 0 Å². The first-order chi connectivity index (χ1) is 21.7. The third-order valence-corrected chi connectivity index (χ3v) is 7.78. The Labute approximate surface area is 260 Å². The van der Waals surface area contributed by atoms with Gasteiger partial charge in [-0.15, -0.1) is 0 Å². The number of carbonyl (C=O) groups excluding carboxylic acids is 1. The molecule has 17 nitrogen and oxygen atoms in total. The van der Waals surface area contributed by atoms with Crippen molar-refractivity contribution >= 4 is 12.0 Å². The predicted octanol–water partition coefficient (Wildman–Crippen LogP) is -1.21. The number of esters is 1. The van der Waals surface area contributed by atoms with Crippen molar-refractivity contribution in [2.75, 3.05) is 6.61 Å². The lowest BCUT2D eigenvalue weighted by atomic mass is 9.98. The highest BCUT2D eigenvalue weighted by atomic mass is 16.7. The minimum absolute atomic E-state index is 0.0559. The van der Waals surface area contributed by atoms with Gasteiger partial charge in [-0.05, 0) is 19.1 Å². The number of benzene rings is 2. The Hall–Kier alpha value is -4.07. The molecule has 2 saturated heterocycles. The lowest BCUT2D eigenvalue weighted by molar-refractivity contribution is -0.325. The van der Waals surface area contributed by atoms with Gasteiger partial charge in [-0.2, -0.15) is 0 Å². The highest BCUT2D eigenvalue weighted by Gasteiger charge is 2.49. The van der Waals surface area contributed by atoms with Gasteiger partial charge in [0.05, 0.1) is 24.3 Å². The maximum atomic E-state index is 11.5. The zero-order valence-corrected chi connectivity index (χ0v) is 24.3. The molecule has 3 heterocycles. The Kier molecular flexibility index (Phi) is 9.39. The fraction of sp³-hybridized carbons (Fsp3) is 0.483. The number of hydrogen-bond donors (Lipinski definition) is 10. The molecule has 46 heavy (non-hydrogen) atoms. The van der Waals surface area contributed by atoms with Crippen molar-refractivity contribution in [3.05, 3.63) is 41.2 Å². The van der Waals surface area contributed by atoms with E-state index in [-0.39, 0.29) is 28.4 Å². The number of rotatable bonds is 7. The summed E-state index contributed by atoms with van der Waals surface area (Å²) in [5, 5.41) is 103. The summed E-state index contributed by atoms with van der Waals surface area (Å²) in [4.78, 5) is 11.5. The van der Waals surface area contributed by atoms with E-state index in [1.54, 1.807) is 0 Å². The standard InChI is InChI=1S/C29H34O17/c1-9-20(35)27(43-10(2)30)25(40)28(42-9)41-8-19-22(37)23(38)24(39)29(46-19)45-18-7-13-14(32)5-12(31)6-17(13)44-26(18)11-3-15(33)21(36)16(34)4-11/h3-7,9,19-20,22-29,31-40H,8H2,1-2H3/p+1/t9-,19+,20-,22+,23-,24+,25-,26?,27+,28+,29+/m0/s1. The molecule has 17 heteroatoms. The summed E-state index contributed by atoms with van der Waals surface area (Å²) in [5.41, 5.74) is 0.129. The van der Waals surface area contributed by atoms with Crippen LogP contribution in [0.25, 0.3) is 6.08 Å². The minimum Gasteiger partial charge on any atom is -0.571 e. The van der Waals surface area contributed by atoms with Crippen LogP contribution >= 0.6 is 0 Å². The van der Waals surface area contributed by atoms with Crippen LogP contribution in [0.5, 0.6) is 34.5 Å². The van der Waals surface area contributed by atoms with Crippen molar-refractivity contribution in [3.8, 4) is 34.5 Å². The maximum Gasteiger partial charge on any atom is 0.303 e. The van der Waals surface area contributed by atoms with Gasteiger partial charge >= 0.3 is 5.97 Å². The fourth-order valence-electron chi connectivity index (χ4n) is 5.35. The molecule has 2 fully saturated rings. The number of fused-ring (bicyclic) bond motifs is 1. The Morgan fingerprint density at radius 1 is 0.826 bits per heavy atom. The summed E-state index contributed by atoms with van der Waals surface area (Å²) in [7, 11) is 0. The summed E-state index contributed by atoms with van der Waals surface area (Å²) in [6.45, 7) is 1.96. The summed E-state index contributed by atoms with van der Waals surface area (Å²) < 4.78 is 32.1. The second-order valence-corrected chi connectivity index (χ2v) is 11.1. The first-order valence-corrected chi connectivity index (χ1v) is 14.1. The molecule has 0 bridgehead atoms. The van der Waals surface area contributed by atoms with Crippen molar-refractivity contribution in [1.82, 2.24) is 0 Å². The highest BCUT2D eigenvalue weighted by molar-refractivity contribution is 5.69. The molecule has 0 aliphatic carbocycles. The van der Waals surface area contributed by atoms with Crippen LogP contribution in [0.1, 0.15) is 31.1 Å². The fourth-order valence-corrected chi connectivity index (χ4v) is 5.35. The highest BCUT2D eigenvalue weighted by Crippen LogP contribution is 2.47. The van der Waals surface area contributed by atoms with Crippen molar-refractivity contribution in [1.29, 1.82) is 0 Å².